The number of nitrogens with one attached hydrogen (secondary N) is 3. The molecule has 0 atom stereocenters. The van der Waals surface area contributed by atoms with Gasteiger partial charge in [-0.2, -0.15) is 4.68 Å². The van der Waals surface area contributed by atoms with Gasteiger partial charge in [0.05, 0.1) is 0 Å². The normalized spacial score (nSPS) is 21.5. The average molecular weight is 630 g/mol. The molecule has 8 heteroatoms. The lowest BCUT2D eigenvalue weighted by molar-refractivity contribution is -0.118. The standard InChI is InChI=1S/C37H67N5O3/c1-10-11-12-13-14-15-16-17-18-19-20-28-23-32(44)42(33(28)45)38-31(43)21-22-41(29-24-34(2,3)39-35(4,5)25-29)30-26-36(6,7)40-37(8,9)27-30/h18-19,23,29-30,39-40,44-45H,10-17,20-22,24-27H2,1-9H3,(H,38,43). The Morgan fingerprint density at radius 1 is 0.844 bits per heavy atom. The van der Waals surface area contributed by atoms with Gasteiger partial charge >= 0.3 is 0 Å². The maximum atomic E-state index is 13.3. The number of piperidine rings is 2. The van der Waals surface area contributed by atoms with Gasteiger partial charge in [0.25, 0.3) is 0 Å². The van der Waals surface area contributed by atoms with Crippen LogP contribution in [0.25, 0.3) is 0 Å². The molecule has 3 heterocycles. The Kier molecular flexibility index (Phi) is 13.1. The van der Waals surface area contributed by atoms with Crippen molar-refractivity contribution in [2.24, 2.45) is 0 Å². The molecule has 0 saturated carbocycles. The fraction of sp³-hybridized carbons (Fsp3) is 0.811. The van der Waals surface area contributed by atoms with E-state index in [0.29, 0.717) is 30.6 Å². The maximum absolute atomic E-state index is 13.3. The highest BCUT2D eigenvalue weighted by atomic mass is 16.3. The van der Waals surface area contributed by atoms with E-state index in [1.165, 1.54) is 44.9 Å². The Hall–Kier alpha value is -2.03. The predicted octanol–water partition coefficient (Wildman–Crippen LogP) is 7.52. The number of carbonyl (C=O) groups is 1. The third-order valence-corrected chi connectivity index (χ3v) is 9.62. The number of aromatic hydroxyl groups is 2. The number of unbranched alkanes of at least 4 members (excludes halogenated alkanes) is 7. The topological polar surface area (TPSA) is 102 Å². The molecular formula is C37H67N5O3. The van der Waals surface area contributed by atoms with Crippen LogP contribution in [0.4, 0.5) is 0 Å². The first-order valence-electron chi connectivity index (χ1n) is 17.8. The van der Waals surface area contributed by atoms with Crippen LogP contribution in [0.15, 0.2) is 18.2 Å². The first-order valence-corrected chi connectivity index (χ1v) is 17.8. The molecule has 1 aromatic heterocycles. The van der Waals surface area contributed by atoms with Crippen molar-refractivity contribution in [3.63, 3.8) is 0 Å². The first-order chi connectivity index (χ1) is 20.9. The van der Waals surface area contributed by atoms with E-state index in [1.807, 2.05) is 6.08 Å². The monoisotopic (exact) mass is 630 g/mol. The van der Waals surface area contributed by atoms with E-state index >= 15 is 0 Å². The lowest BCUT2D eigenvalue weighted by atomic mass is 9.75. The molecule has 2 aliphatic rings. The summed E-state index contributed by atoms with van der Waals surface area (Å²) in [4.78, 5) is 15.9. The van der Waals surface area contributed by atoms with Gasteiger partial charge < -0.3 is 20.8 Å². The Balaban J connectivity index is 1.62. The molecule has 2 saturated heterocycles. The summed E-state index contributed by atoms with van der Waals surface area (Å²) in [5.41, 5.74) is 3.34. The summed E-state index contributed by atoms with van der Waals surface area (Å²) < 4.78 is 1.12. The Morgan fingerprint density at radius 2 is 1.33 bits per heavy atom. The van der Waals surface area contributed by atoms with Gasteiger partial charge in [-0.3, -0.25) is 15.1 Å². The van der Waals surface area contributed by atoms with Crippen molar-refractivity contribution >= 4 is 5.91 Å². The van der Waals surface area contributed by atoms with E-state index in [4.69, 9.17) is 0 Å². The molecule has 5 N–H and O–H groups in total. The summed E-state index contributed by atoms with van der Waals surface area (Å²) in [6.45, 7) is 21.1. The highest BCUT2D eigenvalue weighted by molar-refractivity contribution is 5.84. The number of hydrogen-bond acceptors (Lipinski definition) is 6. The van der Waals surface area contributed by atoms with Crippen molar-refractivity contribution in [2.45, 2.75) is 186 Å². The highest BCUT2D eigenvalue weighted by Gasteiger charge is 2.45. The molecule has 0 radical (unpaired) electrons. The molecule has 258 valence electrons. The molecule has 2 fully saturated rings. The molecule has 1 amide bonds. The summed E-state index contributed by atoms with van der Waals surface area (Å²) in [5.74, 6) is -0.485. The van der Waals surface area contributed by atoms with Gasteiger partial charge in [-0.05, 0) is 100 Å². The van der Waals surface area contributed by atoms with Crippen LogP contribution in [0, 0.1) is 0 Å². The number of hydrogen-bond donors (Lipinski definition) is 5. The lowest BCUT2D eigenvalue weighted by Gasteiger charge is -2.55. The predicted molar refractivity (Wildman–Crippen MR) is 188 cm³/mol. The smallest absolute Gasteiger partial charge is 0.240 e. The Labute approximate surface area is 274 Å². The third kappa shape index (κ3) is 11.9. The number of allylic oxidation sites excluding steroid dienone is 2. The zero-order valence-corrected chi connectivity index (χ0v) is 30.2. The second kappa shape index (κ2) is 15.7. The van der Waals surface area contributed by atoms with E-state index in [-0.39, 0.29) is 46.2 Å². The third-order valence-electron chi connectivity index (χ3n) is 9.62. The number of nitrogens with zero attached hydrogens (tertiary/aromatic N) is 2. The van der Waals surface area contributed by atoms with E-state index in [2.05, 4.69) is 89.3 Å². The maximum Gasteiger partial charge on any atom is 0.240 e. The Bertz CT molecular complexity index is 1050. The molecule has 0 aromatic carbocycles. The number of rotatable bonds is 16. The van der Waals surface area contributed by atoms with E-state index in [1.54, 1.807) is 6.07 Å². The summed E-state index contributed by atoms with van der Waals surface area (Å²) in [7, 11) is 0. The fourth-order valence-corrected chi connectivity index (χ4v) is 8.43. The van der Waals surface area contributed by atoms with Gasteiger partial charge in [0.15, 0.2) is 0 Å². The SMILES string of the molecule is CCCCCCCCCC=CCc1cc(O)n(NC(=O)CCN(C2CC(C)(C)NC(C)(C)C2)C2CC(C)(C)NC(C)(C)C2)c1O. The van der Waals surface area contributed by atoms with Crippen molar-refractivity contribution < 1.29 is 15.0 Å². The second-order valence-corrected chi connectivity index (χ2v) is 16.7. The minimum atomic E-state index is -0.220. The van der Waals surface area contributed by atoms with Crippen LogP contribution < -0.4 is 16.1 Å². The van der Waals surface area contributed by atoms with Gasteiger partial charge in [0.1, 0.15) is 0 Å². The van der Waals surface area contributed by atoms with Gasteiger partial charge in [0.2, 0.25) is 17.7 Å². The molecule has 1 aromatic rings. The zero-order valence-electron chi connectivity index (χ0n) is 30.2. The van der Waals surface area contributed by atoms with Crippen LogP contribution in [-0.2, 0) is 11.2 Å². The first kappa shape index (κ1) is 37.4. The summed E-state index contributed by atoms with van der Waals surface area (Å²) >= 11 is 0. The van der Waals surface area contributed by atoms with Crippen molar-refractivity contribution in [1.29, 1.82) is 0 Å². The zero-order chi connectivity index (χ0) is 33.5. The van der Waals surface area contributed by atoms with E-state index in [0.717, 1.165) is 36.8 Å². The lowest BCUT2D eigenvalue weighted by Crippen LogP contribution is -2.67. The molecule has 8 nitrogen and oxygen atoms in total. The van der Waals surface area contributed by atoms with E-state index < -0.39 is 0 Å². The summed E-state index contributed by atoms with van der Waals surface area (Å²) in [6.07, 6.45) is 19.0. The minimum Gasteiger partial charge on any atom is -0.493 e. The van der Waals surface area contributed by atoms with Crippen LogP contribution in [0.1, 0.15) is 151 Å². The quantitative estimate of drug-likeness (QED) is 0.0958. The van der Waals surface area contributed by atoms with Crippen molar-refractivity contribution in [1.82, 2.24) is 20.2 Å². The fourth-order valence-electron chi connectivity index (χ4n) is 8.43. The minimum absolute atomic E-state index is 0.00725. The Morgan fingerprint density at radius 3 is 1.84 bits per heavy atom. The molecule has 0 aliphatic carbocycles. The largest absolute Gasteiger partial charge is 0.493 e. The second-order valence-electron chi connectivity index (χ2n) is 16.7. The molecule has 3 rings (SSSR count). The van der Waals surface area contributed by atoms with Crippen LogP contribution in [0.3, 0.4) is 0 Å². The van der Waals surface area contributed by atoms with Crippen molar-refractivity contribution in [3.05, 3.63) is 23.8 Å². The average Bonchev–Trinajstić information content (AvgIpc) is 3.13. The molecule has 0 spiro atoms. The number of aromatic nitrogens is 1. The van der Waals surface area contributed by atoms with Gasteiger partial charge in [-0.15, -0.1) is 0 Å². The number of amides is 1. The molecular weight excluding hydrogens is 562 g/mol. The summed E-state index contributed by atoms with van der Waals surface area (Å²) in [6, 6.07) is 2.22. The van der Waals surface area contributed by atoms with Crippen LogP contribution in [0.5, 0.6) is 11.8 Å². The molecule has 2 aliphatic heterocycles. The van der Waals surface area contributed by atoms with Gasteiger partial charge in [-0.1, -0.05) is 57.6 Å². The van der Waals surface area contributed by atoms with Crippen LogP contribution >= 0.6 is 0 Å². The molecule has 0 unspecified atom stereocenters. The molecule has 0 bridgehead atoms. The summed E-state index contributed by atoms with van der Waals surface area (Å²) in [5, 5.41) is 29.1. The van der Waals surface area contributed by atoms with Gasteiger partial charge in [-0.25, -0.2) is 0 Å². The van der Waals surface area contributed by atoms with Crippen molar-refractivity contribution in [3.8, 4) is 11.8 Å². The van der Waals surface area contributed by atoms with Crippen LogP contribution in [0.2, 0.25) is 0 Å². The van der Waals surface area contributed by atoms with Crippen LogP contribution in [-0.4, -0.2) is 66.5 Å². The number of carbonyl (C=O) groups excluding carboxylic acids is 1. The van der Waals surface area contributed by atoms with E-state index in [9.17, 15) is 15.0 Å². The highest BCUT2D eigenvalue weighted by Crippen LogP contribution is 2.38. The molecule has 45 heavy (non-hydrogen) atoms. The van der Waals surface area contributed by atoms with Gasteiger partial charge in [0, 0.05) is 58.8 Å². The van der Waals surface area contributed by atoms with Crippen molar-refractivity contribution in [2.75, 3.05) is 12.0 Å².